The van der Waals surface area contributed by atoms with Crippen LogP contribution in [0.5, 0.6) is 0 Å². The van der Waals surface area contributed by atoms with Gasteiger partial charge in [0.15, 0.2) is 0 Å². The number of nitrogens with zero attached hydrogens (tertiary/aromatic N) is 1. The smallest absolute Gasteiger partial charge is 0.341 e. The summed E-state index contributed by atoms with van der Waals surface area (Å²) in [5, 5.41) is 4.61. The third-order valence-electron chi connectivity index (χ3n) is 4.85. The lowest BCUT2D eigenvalue weighted by Crippen LogP contribution is -2.32. The third-order valence-corrected chi connectivity index (χ3v) is 4.85. The average Bonchev–Trinajstić information content (AvgIpc) is 3.05. The monoisotopic (exact) mass is 315 g/mol. The maximum atomic E-state index is 12.3. The van der Waals surface area contributed by atoms with Crippen LogP contribution in [0.4, 0.5) is 5.69 Å². The van der Waals surface area contributed by atoms with E-state index in [9.17, 15) is 4.79 Å². The zero-order chi connectivity index (χ0) is 16.2. The zero-order valence-electron chi connectivity index (χ0n) is 13.9. The Morgan fingerprint density at radius 2 is 2.22 bits per heavy atom. The predicted octanol–water partition coefficient (Wildman–Crippen LogP) is 4.12. The molecular weight excluding hydrogens is 290 g/mol. The first-order valence-corrected chi connectivity index (χ1v) is 8.64. The van der Waals surface area contributed by atoms with E-state index in [1.807, 2.05) is 19.2 Å². The topological polar surface area (TPSA) is 67.0 Å². The Kier molecular flexibility index (Phi) is 4.84. The van der Waals surface area contributed by atoms with Crippen molar-refractivity contribution in [3.63, 3.8) is 0 Å². The lowest BCUT2D eigenvalue weighted by atomic mass is 9.82. The second kappa shape index (κ2) is 7.02. The number of anilines is 1. The molecule has 0 bridgehead atoms. The maximum absolute atomic E-state index is 12.3. The third kappa shape index (κ3) is 3.19. The van der Waals surface area contributed by atoms with Crippen molar-refractivity contribution in [1.82, 2.24) is 9.97 Å². The standard InChI is InChI=1S/C18H25N3O2/c1-3-12-7-5-6-8-15(12)21-16-13-9-10-19-17(13)20-11-14(16)18(22)23-4-2/h9-12,15H,3-8H2,1-2H3,(H2,19,20,21)/t12-,15+/m1/s1. The number of nitrogens with one attached hydrogen (secondary N) is 2. The van der Waals surface area contributed by atoms with E-state index in [-0.39, 0.29) is 5.97 Å². The van der Waals surface area contributed by atoms with Crippen molar-refractivity contribution in [3.8, 4) is 0 Å². The van der Waals surface area contributed by atoms with Gasteiger partial charge in [0.1, 0.15) is 11.2 Å². The molecule has 2 N–H and O–H groups in total. The molecule has 2 aromatic rings. The Hall–Kier alpha value is -2.04. The molecule has 124 valence electrons. The number of fused-ring (bicyclic) bond motifs is 1. The summed E-state index contributed by atoms with van der Waals surface area (Å²) in [6.07, 6.45) is 9.58. The molecule has 0 saturated heterocycles. The highest BCUT2D eigenvalue weighted by Crippen LogP contribution is 2.33. The summed E-state index contributed by atoms with van der Waals surface area (Å²) in [7, 11) is 0. The van der Waals surface area contributed by atoms with Crippen molar-refractivity contribution < 1.29 is 9.53 Å². The highest BCUT2D eigenvalue weighted by molar-refractivity contribution is 6.04. The van der Waals surface area contributed by atoms with Crippen molar-refractivity contribution in [2.24, 2.45) is 5.92 Å². The molecule has 2 atom stereocenters. The molecule has 0 spiro atoms. The van der Waals surface area contributed by atoms with E-state index >= 15 is 0 Å². The van der Waals surface area contributed by atoms with Crippen molar-refractivity contribution in [1.29, 1.82) is 0 Å². The van der Waals surface area contributed by atoms with Crippen LogP contribution in [0.1, 0.15) is 56.3 Å². The van der Waals surface area contributed by atoms with Crippen LogP contribution in [0.2, 0.25) is 0 Å². The zero-order valence-corrected chi connectivity index (χ0v) is 13.9. The first-order valence-electron chi connectivity index (χ1n) is 8.64. The molecule has 1 aliphatic rings. The molecule has 2 aromatic heterocycles. The molecule has 1 saturated carbocycles. The van der Waals surface area contributed by atoms with Crippen molar-refractivity contribution >= 4 is 22.7 Å². The molecule has 1 fully saturated rings. The number of hydrogen-bond donors (Lipinski definition) is 2. The van der Waals surface area contributed by atoms with Crippen molar-refractivity contribution in [2.45, 2.75) is 52.0 Å². The second-order valence-electron chi connectivity index (χ2n) is 6.21. The first kappa shape index (κ1) is 15.8. The highest BCUT2D eigenvalue weighted by Gasteiger charge is 2.26. The van der Waals surface area contributed by atoms with E-state index in [2.05, 4.69) is 22.2 Å². The van der Waals surface area contributed by atoms with Gasteiger partial charge in [-0.15, -0.1) is 0 Å². The van der Waals surface area contributed by atoms with Gasteiger partial charge in [-0.3, -0.25) is 0 Å². The molecule has 0 amide bonds. The summed E-state index contributed by atoms with van der Waals surface area (Å²) < 4.78 is 5.21. The van der Waals surface area contributed by atoms with Gasteiger partial charge >= 0.3 is 5.97 Å². The largest absolute Gasteiger partial charge is 0.462 e. The Bertz CT molecular complexity index is 680. The summed E-state index contributed by atoms with van der Waals surface area (Å²) in [5.74, 6) is 0.343. The van der Waals surface area contributed by atoms with Crippen LogP contribution in [0.3, 0.4) is 0 Å². The van der Waals surface area contributed by atoms with Crippen molar-refractivity contribution in [3.05, 3.63) is 24.0 Å². The summed E-state index contributed by atoms with van der Waals surface area (Å²) in [6.45, 7) is 4.43. The number of pyridine rings is 1. The van der Waals surface area contributed by atoms with Crippen LogP contribution in [0.15, 0.2) is 18.5 Å². The van der Waals surface area contributed by atoms with Gasteiger partial charge in [-0.1, -0.05) is 26.2 Å². The summed E-state index contributed by atoms with van der Waals surface area (Å²) in [5.41, 5.74) is 2.18. The summed E-state index contributed by atoms with van der Waals surface area (Å²) in [4.78, 5) is 19.8. The van der Waals surface area contributed by atoms with Gasteiger partial charge < -0.3 is 15.0 Å². The lowest BCUT2D eigenvalue weighted by molar-refractivity contribution is 0.0527. The molecule has 0 unspecified atom stereocenters. The molecule has 0 aromatic carbocycles. The van der Waals surface area contributed by atoms with Gasteiger partial charge in [-0.2, -0.15) is 0 Å². The number of hydrogen-bond acceptors (Lipinski definition) is 4. The quantitative estimate of drug-likeness (QED) is 0.814. The Balaban J connectivity index is 1.97. The van der Waals surface area contributed by atoms with Crippen LogP contribution in [0.25, 0.3) is 11.0 Å². The van der Waals surface area contributed by atoms with Gasteiger partial charge in [0.25, 0.3) is 0 Å². The molecule has 2 heterocycles. The van der Waals surface area contributed by atoms with Crippen molar-refractivity contribution in [2.75, 3.05) is 11.9 Å². The number of H-pyrrole nitrogens is 1. The number of carbonyl (C=O) groups excluding carboxylic acids is 1. The van der Waals surface area contributed by atoms with E-state index in [1.165, 1.54) is 19.3 Å². The molecular formula is C18H25N3O2. The molecule has 0 radical (unpaired) electrons. The summed E-state index contributed by atoms with van der Waals surface area (Å²) in [6, 6.07) is 2.37. The van der Waals surface area contributed by atoms with Gasteiger partial charge in [0.05, 0.1) is 12.3 Å². The van der Waals surface area contributed by atoms with Gasteiger partial charge in [0.2, 0.25) is 0 Å². The average molecular weight is 315 g/mol. The number of carbonyl (C=O) groups is 1. The van der Waals surface area contributed by atoms with Crippen LogP contribution in [-0.2, 0) is 4.74 Å². The van der Waals surface area contributed by atoms with Gasteiger partial charge in [0, 0.05) is 23.8 Å². The molecule has 3 rings (SSSR count). The fourth-order valence-electron chi connectivity index (χ4n) is 3.60. The Labute approximate surface area is 136 Å². The molecule has 23 heavy (non-hydrogen) atoms. The van der Waals surface area contributed by atoms with E-state index in [4.69, 9.17) is 4.74 Å². The minimum atomic E-state index is -0.311. The minimum Gasteiger partial charge on any atom is -0.462 e. The van der Waals surface area contributed by atoms with Gasteiger partial charge in [-0.05, 0) is 31.7 Å². The molecule has 1 aliphatic carbocycles. The van der Waals surface area contributed by atoms with E-state index < -0.39 is 0 Å². The van der Waals surface area contributed by atoms with Crippen LogP contribution >= 0.6 is 0 Å². The fraction of sp³-hybridized carbons (Fsp3) is 0.556. The minimum absolute atomic E-state index is 0.311. The molecule has 5 nitrogen and oxygen atoms in total. The lowest BCUT2D eigenvalue weighted by Gasteiger charge is -2.33. The molecule has 5 heteroatoms. The summed E-state index contributed by atoms with van der Waals surface area (Å²) >= 11 is 0. The second-order valence-corrected chi connectivity index (χ2v) is 6.21. The molecule has 0 aliphatic heterocycles. The number of aromatic amines is 1. The maximum Gasteiger partial charge on any atom is 0.341 e. The Morgan fingerprint density at radius 1 is 1.39 bits per heavy atom. The Morgan fingerprint density at radius 3 is 3.00 bits per heavy atom. The first-order chi connectivity index (χ1) is 11.2. The number of aromatic nitrogens is 2. The number of esters is 1. The predicted molar refractivity (Wildman–Crippen MR) is 91.7 cm³/mol. The highest BCUT2D eigenvalue weighted by atomic mass is 16.5. The van der Waals surface area contributed by atoms with Gasteiger partial charge in [-0.25, -0.2) is 9.78 Å². The van der Waals surface area contributed by atoms with E-state index in [0.717, 1.165) is 29.6 Å². The SMILES string of the molecule is CCOC(=O)c1cnc2[nH]ccc2c1N[C@H]1CCCC[C@H]1CC. The fourth-order valence-corrected chi connectivity index (χ4v) is 3.60. The van der Waals surface area contributed by atoms with Crippen LogP contribution in [-0.4, -0.2) is 28.6 Å². The normalized spacial score (nSPS) is 21.3. The van der Waals surface area contributed by atoms with E-state index in [1.54, 1.807) is 6.20 Å². The number of rotatable bonds is 5. The van der Waals surface area contributed by atoms with Crippen LogP contribution < -0.4 is 5.32 Å². The number of ether oxygens (including phenoxy) is 1. The van der Waals surface area contributed by atoms with E-state index in [0.29, 0.717) is 24.1 Å². The van der Waals surface area contributed by atoms with Crippen LogP contribution in [0, 0.1) is 5.92 Å².